The molecule has 0 saturated heterocycles. The number of H-pyrrole nitrogens is 1. The first kappa shape index (κ1) is 12.4. The van der Waals surface area contributed by atoms with Gasteiger partial charge in [0.15, 0.2) is 0 Å². The van der Waals surface area contributed by atoms with E-state index >= 15 is 0 Å². The van der Waals surface area contributed by atoms with Gasteiger partial charge in [0.05, 0.1) is 0 Å². The molecular weight excluding hydrogens is 250 g/mol. The van der Waals surface area contributed by atoms with Crippen molar-refractivity contribution in [3.8, 4) is 0 Å². The van der Waals surface area contributed by atoms with Crippen molar-refractivity contribution < 1.29 is 0 Å². The zero-order chi connectivity index (χ0) is 13.2. The van der Waals surface area contributed by atoms with Gasteiger partial charge < -0.3 is 4.98 Å². The van der Waals surface area contributed by atoms with E-state index in [2.05, 4.69) is 67.5 Å². The Balaban J connectivity index is 2.01. The minimum Gasteiger partial charge on any atom is -0.360 e. The molecule has 0 amide bonds. The summed E-state index contributed by atoms with van der Waals surface area (Å²) in [5.74, 6) is 0. The van der Waals surface area contributed by atoms with E-state index < -0.39 is 0 Å². The van der Waals surface area contributed by atoms with Crippen LogP contribution in [-0.2, 0) is 6.42 Å². The number of aromatic amines is 1. The number of hydrogen-bond acceptors (Lipinski definition) is 1. The number of hydrogen-bond donors (Lipinski definition) is 1. The standard InChI is InChI=1S/C17H17NS/c1-3-13-6-4-5-7-16(13)19-17-11-18-15-10-12(2)8-9-14(15)17/h4-11,18H,3H2,1-2H3. The lowest BCUT2D eigenvalue weighted by atomic mass is 10.2. The van der Waals surface area contributed by atoms with Crippen molar-refractivity contribution in [1.29, 1.82) is 0 Å². The Hall–Kier alpha value is -1.67. The molecule has 96 valence electrons. The zero-order valence-corrected chi connectivity index (χ0v) is 12.1. The molecular formula is C17H17NS. The van der Waals surface area contributed by atoms with Gasteiger partial charge in [0, 0.05) is 26.9 Å². The van der Waals surface area contributed by atoms with Crippen LogP contribution in [0.15, 0.2) is 58.5 Å². The molecule has 1 N–H and O–H groups in total. The topological polar surface area (TPSA) is 15.8 Å². The number of aryl methyl sites for hydroxylation is 2. The van der Waals surface area contributed by atoms with E-state index in [0.717, 1.165) is 6.42 Å². The highest BCUT2D eigenvalue weighted by molar-refractivity contribution is 7.99. The van der Waals surface area contributed by atoms with Crippen LogP contribution in [0.25, 0.3) is 10.9 Å². The van der Waals surface area contributed by atoms with Crippen molar-refractivity contribution >= 4 is 22.7 Å². The Kier molecular flexibility index (Phi) is 3.34. The molecule has 19 heavy (non-hydrogen) atoms. The van der Waals surface area contributed by atoms with Crippen molar-refractivity contribution in [2.75, 3.05) is 0 Å². The van der Waals surface area contributed by atoms with Gasteiger partial charge in [-0.25, -0.2) is 0 Å². The summed E-state index contributed by atoms with van der Waals surface area (Å²) in [5.41, 5.74) is 3.92. The molecule has 0 radical (unpaired) electrons. The molecule has 0 aliphatic carbocycles. The molecule has 0 saturated carbocycles. The summed E-state index contributed by atoms with van der Waals surface area (Å²) in [7, 11) is 0. The maximum Gasteiger partial charge on any atom is 0.0468 e. The Morgan fingerprint density at radius 1 is 1.05 bits per heavy atom. The molecule has 0 atom stereocenters. The van der Waals surface area contributed by atoms with Gasteiger partial charge in [0.1, 0.15) is 0 Å². The van der Waals surface area contributed by atoms with Gasteiger partial charge in [-0.1, -0.05) is 49.0 Å². The monoisotopic (exact) mass is 267 g/mol. The lowest BCUT2D eigenvalue weighted by molar-refractivity contribution is 1.08. The smallest absolute Gasteiger partial charge is 0.0468 e. The van der Waals surface area contributed by atoms with Crippen LogP contribution in [-0.4, -0.2) is 4.98 Å². The fourth-order valence-corrected chi connectivity index (χ4v) is 3.44. The number of fused-ring (bicyclic) bond motifs is 1. The largest absolute Gasteiger partial charge is 0.360 e. The number of benzene rings is 2. The molecule has 2 heteroatoms. The molecule has 0 fully saturated rings. The average molecular weight is 267 g/mol. The first-order valence-corrected chi connectivity index (χ1v) is 7.43. The van der Waals surface area contributed by atoms with Crippen molar-refractivity contribution in [2.24, 2.45) is 0 Å². The quantitative estimate of drug-likeness (QED) is 0.690. The maximum absolute atomic E-state index is 3.37. The highest BCUT2D eigenvalue weighted by atomic mass is 32.2. The van der Waals surface area contributed by atoms with E-state index in [1.54, 1.807) is 0 Å². The van der Waals surface area contributed by atoms with E-state index in [0.29, 0.717) is 0 Å². The van der Waals surface area contributed by atoms with Crippen LogP contribution in [0.2, 0.25) is 0 Å². The maximum atomic E-state index is 3.37. The molecule has 0 bridgehead atoms. The number of aromatic nitrogens is 1. The normalized spacial score (nSPS) is 11.1. The van der Waals surface area contributed by atoms with Gasteiger partial charge >= 0.3 is 0 Å². The second-order valence-electron chi connectivity index (χ2n) is 4.77. The summed E-state index contributed by atoms with van der Waals surface area (Å²) in [5, 5.41) is 1.31. The fraction of sp³-hybridized carbons (Fsp3) is 0.176. The second-order valence-corrected chi connectivity index (χ2v) is 5.85. The van der Waals surface area contributed by atoms with Crippen LogP contribution in [0.4, 0.5) is 0 Å². The fourth-order valence-electron chi connectivity index (χ4n) is 2.31. The Morgan fingerprint density at radius 3 is 2.74 bits per heavy atom. The third-order valence-electron chi connectivity index (χ3n) is 3.37. The molecule has 0 spiro atoms. The molecule has 2 aromatic carbocycles. The summed E-state index contributed by atoms with van der Waals surface area (Å²) < 4.78 is 0. The highest BCUT2D eigenvalue weighted by Crippen LogP contribution is 2.35. The van der Waals surface area contributed by atoms with E-state index in [4.69, 9.17) is 0 Å². The molecule has 0 aliphatic heterocycles. The van der Waals surface area contributed by atoms with Crippen LogP contribution in [0.5, 0.6) is 0 Å². The Morgan fingerprint density at radius 2 is 1.89 bits per heavy atom. The number of rotatable bonds is 3. The van der Waals surface area contributed by atoms with Crippen molar-refractivity contribution in [3.05, 3.63) is 59.8 Å². The van der Waals surface area contributed by atoms with Crippen LogP contribution in [0, 0.1) is 6.92 Å². The van der Waals surface area contributed by atoms with Gasteiger partial charge in [-0.05, 0) is 36.6 Å². The number of nitrogens with one attached hydrogen (secondary N) is 1. The molecule has 0 aliphatic rings. The SMILES string of the molecule is CCc1ccccc1Sc1c[nH]c2cc(C)ccc12. The van der Waals surface area contributed by atoms with Gasteiger partial charge in [-0.15, -0.1) is 0 Å². The van der Waals surface area contributed by atoms with Crippen LogP contribution in [0.1, 0.15) is 18.1 Å². The minimum absolute atomic E-state index is 1.07. The molecule has 0 unspecified atom stereocenters. The third kappa shape index (κ3) is 2.41. The Bertz CT molecular complexity index is 712. The summed E-state index contributed by atoms with van der Waals surface area (Å²) in [4.78, 5) is 6.02. The molecule has 1 heterocycles. The summed E-state index contributed by atoms with van der Waals surface area (Å²) >= 11 is 1.85. The van der Waals surface area contributed by atoms with E-state index in [9.17, 15) is 0 Å². The zero-order valence-electron chi connectivity index (χ0n) is 11.2. The van der Waals surface area contributed by atoms with Crippen LogP contribution in [0.3, 0.4) is 0 Å². The summed E-state index contributed by atoms with van der Waals surface area (Å²) in [6.45, 7) is 4.33. The van der Waals surface area contributed by atoms with E-state index in [1.807, 2.05) is 11.8 Å². The molecule has 3 aromatic rings. The van der Waals surface area contributed by atoms with Crippen LogP contribution >= 0.6 is 11.8 Å². The predicted molar refractivity (Wildman–Crippen MR) is 83.0 cm³/mol. The van der Waals surface area contributed by atoms with Gasteiger partial charge in [-0.2, -0.15) is 0 Å². The van der Waals surface area contributed by atoms with E-state index in [1.165, 1.54) is 31.8 Å². The van der Waals surface area contributed by atoms with Crippen molar-refractivity contribution in [3.63, 3.8) is 0 Å². The Labute approximate surface area is 118 Å². The van der Waals surface area contributed by atoms with Crippen LogP contribution < -0.4 is 0 Å². The van der Waals surface area contributed by atoms with Crippen molar-refractivity contribution in [1.82, 2.24) is 4.98 Å². The van der Waals surface area contributed by atoms with Crippen molar-refractivity contribution in [2.45, 2.75) is 30.1 Å². The van der Waals surface area contributed by atoms with E-state index in [-0.39, 0.29) is 0 Å². The van der Waals surface area contributed by atoms with Gasteiger partial charge in [0.25, 0.3) is 0 Å². The summed E-state index contributed by atoms with van der Waals surface area (Å²) in [6, 6.07) is 15.2. The minimum atomic E-state index is 1.07. The lowest BCUT2D eigenvalue weighted by Crippen LogP contribution is -1.83. The molecule has 1 aromatic heterocycles. The third-order valence-corrected chi connectivity index (χ3v) is 4.55. The predicted octanol–water partition coefficient (Wildman–Crippen LogP) is 5.19. The average Bonchev–Trinajstić information content (AvgIpc) is 2.82. The first-order valence-electron chi connectivity index (χ1n) is 6.61. The summed E-state index contributed by atoms with van der Waals surface area (Å²) in [6.07, 6.45) is 3.19. The highest BCUT2D eigenvalue weighted by Gasteiger charge is 2.07. The lowest BCUT2D eigenvalue weighted by Gasteiger charge is -2.06. The molecule has 3 rings (SSSR count). The second kappa shape index (κ2) is 5.14. The molecule has 1 nitrogen and oxygen atoms in total. The first-order chi connectivity index (χ1) is 9.28. The van der Waals surface area contributed by atoms with Gasteiger partial charge in [0.2, 0.25) is 0 Å². The van der Waals surface area contributed by atoms with Gasteiger partial charge in [-0.3, -0.25) is 0 Å².